The van der Waals surface area contributed by atoms with Crippen LogP contribution in [0.3, 0.4) is 0 Å². The molecule has 2 aromatic rings. The standard InChI is InChI=1S/C15H14ClN5O3/c1-6(21-24)9-10(7-4-2-3-5-8(7)16)11-12(18-13(9)22)19-15(17)20-14(11)23/h2-5,9-10,24H,1H3,(H4,17,18,19,20,22,23)/b21-6+/t9-,10-/m0/s1. The van der Waals surface area contributed by atoms with Crippen molar-refractivity contribution in [3.8, 4) is 0 Å². The summed E-state index contributed by atoms with van der Waals surface area (Å²) in [5, 5.41) is 15.2. The van der Waals surface area contributed by atoms with E-state index in [0.717, 1.165) is 0 Å². The van der Waals surface area contributed by atoms with Crippen LogP contribution in [0.25, 0.3) is 0 Å². The fraction of sp³-hybridized carbons (Fsp3) is 0.200. The Hall–Kier alpha value is -2.87. The second-order valence-corrected chi connectivity index (χ2v) is 5.83. The van der Waals surface area contributed by atoms with Gasteiger partial charge in [0.2, 0.25) is 11.9 Å². The second-order valence-electron chi connectivity index (χ2n) is 5.42. The highest BCUT2D eigenvalue weighted by Gasteiger charge is 2.42. The van der Waals surface area contributed by atoms with E-state index in [1.165, 1.54) is 6.92 Å². The molecule has 8 nitrogen and oxygen atoms in total. The van der Waals surface area contributed by atoms with Gasteiger partial charge in [-0.05, 0) is 18.6 Å². The number of H-pyrrole nitrogens is 1. The molecule has 2 atom stereocenters. The number of nitrogens with two attached hydrogens (primary N) is 1. The van der Waals surface area contributed by atoms with Crippen LogP contribution in [0.4, 0.5) is 11.8 Å². The van der Waals surface area contributed by atoms with E-state index in [9.17, 15) is 9.59 Å². The highest BCUT2D eigenvalue weighted by molar-refractivity contribution is 6.31. The predicted molar refractivity (Wildman–Crippen MR) is 89.6 cm³/mol. The largest absolute Gasteiger partial charge is 0.411 e. The first kappa shape index (κ1) is 16.0. The van der Waals surface area contributed by atoms with Gasteiger partial charge in [-0.25, -0.2) is 0 Å². The first-order chi connectivity index (χ1) is 11.4. The number of aromatic nitrogens is 2. The van der Waals surface area contributed by atoms with Crippen molar-refractivity contribution >= 4 is 35.0 Å². The Morgan fingerprint density at radius 3 is 2.75 bits per heavy atom. The van der Waals surface area contributed by atoms with Crippen LogP contribution >= 0.6 is 11.6 Å². The zero-order chi connectivity index (χ0) is 17.4. The molecule has 9 heteroatoms. The van der Waals surface area contributed by atoms with Crippen LogP contribution in [0.5, 0.6) is 0 Å². The van der Waals surface area contributed by atoms with Crippen LogP contribution in [0, 0.1) is 5.92 Å². The summed E-state index contributed by atoms with van der Waals surface area (Å²) in [5.74, 6) is -2.15. The minimum Gasteiger partial charge on any atom is -0.411 e. The number of oxime groups is 1. The second kappa shape index (κ2) is 5.97. The molecule has 1 amide bonds. The van der Waals surface area contributed by atoms with Crippen LogP contribution in [0.1, 0.15) is 24.0 Å². The van der Waals surface area contributed by atoms with Crippen LogP contribution in [0.15, 0.2) is 34.2 Å². The molecule has 2 heterocycles. The lowest BCUT2D eigenvalue weighted by Crippen LogP contribution is -2.42. The van der Waals surface area contributed by atoms with E-state index in [0.29, 0.717) is 10.6 Å². The van der Waals surface area contributed by atoms with Gasteiger partial charge in [0.1, 0.15) is 5.82 Å². The van der Waals surface area contributed by atoms with Gasteiger partial charge in [0.15, 0.2) is 0 Å². The van der Waals surface area contributed by atoms with E-state index in [1.807, 2.05) is 0 Å². The van der Waals surface area contributed by atoms with Gasteiger partial charge >= 0.3 is 0 Å². The maximum absolute atomic E-state index is 12.5. The maximum atomic E-state index is 12.5. The number of rotatable bonds is 2. The minimum absolute atomic E-state index is 0.0770. The van der Waals surface area contributed by atoms with Gasteiger partial charge in [-0.1, -0.05) is 35.0 Å². The Labute approximate surface area is 141 Å². The summed E-state index contributed by atoms with van der Waals surface area (Å²) in [4.78, 5) is 31.4. The molecule has 1 aliphatic heterocycles. The zero-order valence-corrected chi connectivity index (χ0v) is 13.3. The molecule has 0 unspecified atom stereocenters. The Kier molecular flexibility index (Phi) is 3.98. The number of nitrogens with one attached hydrogen (secondary N) is 2. The topological polar surface area (TPSA) is 133 Å². The van der Waals surface area contributed by atoms with E-state index >= 15 is 0 Å². The molecule has 0 bridgehead atoms. The number of hydrogen-bond donors (Lipinski definition) is 4. The summed E-state index contributed by atoms with van der Waals surface area (Å²) in [7, 11) is 0. The van der Waals surface area contributed by atoms with Crippen LogP contribution in [0.2, 0.25) is 5.02 Å². The van der Waals surface area contributed by atoms with Crippen molar-refractivity contribution in [2.24, 2.45) is 11.1 Å². The number of fused-ring (bicyclic) bond motifs is 1. The number of anilines is 2. The molecule has 1 aromatic heterocycles. The van der Waals surface area contributed by atoms with Crippen LogP contribution < -0.4 is 16.6 Å². The number of amides is 1. The minimum atomic E-state index is -0.908. The average Bonchev–Trinajstić information content (AvgIpc) is 2.53. The summed E-state index contributed by atoms with van der Waals surface area (Å²) >= 11 is 6.28. The molecule has 0 spiro atoms. The van der Waals surface area contributed by atoms with Crippen molar-refractivity contribution in [1.82, 2.24) is 9.97 Å². The van der Waals surface area contributed by atoms with Crippen molar-refractivity contribution in [3.63, 3.8) is 0 Å². The number of nitrogen functional groups attached to an aromatic ring is 1. The normalized spacial score (nSPS) is 20.4. The summed E-state index contributed by atoms with van der Waals surface area (Å²) in [5.41, 5.74) is 5.99. The van der Waals surface area contributed by atoms with Crippen molar-refractivity contribution < 1.29 is 10.0 Å². The summed E-state index contributed by atoms with van der Waals surface area (Å²) in [6, 6.07) is 6.85. The monoisotopic (exact) mass is 347 g/mol. The summed E-state index contributed by atoms with van der Waals surface area (Å²) < 4.78 is 0. The molecule has 3 rings (SSSR count). The Morgan fingerprint density at radius 1 is 1.38 bits per heavy atom. The molecular weight excluding hydrogens is 334 g/mol. The van der Waals surface area contributed by atoms with Gasteiger partial charge in [0.25, 0.3) is 5.56 Å². The Bertz CT molecular complexity index is 908. The lowest BCUT2D eigenvalue weighted by molar-refractivity contribution is -0.118. The predicted octanol–water partition coefficient (Wildman–Crippen LogP) is 1.56. The van der Waals surface area contributed by atoms with Crippen molar-refractivity contribution in [2.75, 3.05) is 11.1 Å². The lowest BCUT2D eigenvalue weighted by atomic mass is 9.76. The molecule has 0 fully saturated rings. The highest BCUT2D eigenvalue weighted by Crippen LogP contribution is 2.41. The third-order valence-electron chi connectivity index (χ3n) is 3.99. The van der Waals surface area contributed by atoms with Crippen molar-refractivity contribution in [1.29, 1.82) is 0 Å². The van der Waals surface area contributed by atoms with Gasteiger partial charge in [-0.15, -0.1) is 0 Å². The average molecular weight is 348 g/mol. The molecule has 0 saturated heterocycles. The summed E-state index contributed by atoms with van der Waals surface area (Å²) in [6.45, 7) is 1.50. The first-order valence-corrected chi connectivity index (χ1v) is 7.45. The molecule has 0 saturated carbocycles. The summed E-state index contributed by atoms with van der Waals surface area (Å²) in [6.07, 6.45) is 0. The van der Waals surface area contributed by atoms with Crippen molar-refractivity contribution in [2.45, 2.75) is 12.8 Å². The SMILES string of the molecule is C/C(=N\O)[C@@H]1C(=O)Nc2nc(N)[nH]c(=O)c2[C@H]1c1ccccc1Cl. The molecule has 0 radical (unpaired) electrons. The number of aromatic amines is 1. The van der Waals surface area contributed by atoms with Gasteiger partial charge in [0.05, 0.1) is 17.2 Å². The number of carbonyl (C=O) groups is 1. The molecule has 1 aromatic carbocycles. The number of halogens is 1. The number of nitrogens with zero attached hydrogens (tertiary/aromatic N) is 2. The Balaban J connectivity index is 2.34. The molecule has 1 aliphatic rings. The van der Waals surface area contributed by atoms with E-state index in [4.69, 9.17) is 22.5 Å². The van der Waals surface area contributed by atoms with Gasteiger partial charge in [-0.2, -0.15) is 4.98 Å². The quantitative estimate of drug-likeness (QED) is 0.371. The van der Waals surface area contributed by atoms with Crippen LogP contribution in [-0.2, 0) is 4.79 Å². The van der Waals surface area contributed by atoms with E-state index in [2.05, 4.69) is 20.4 Å². The number of carbonyl (C=O) groups excluding carboxylic acids is 1. The van der Waals surface area contributed by atoms with E-state index in [1.54, 1.807) is 24.3 Å². The maximum Gasteiger partial charge on any atom is 0.258 e. The van der Waals surface area contributed by atoms with Gasteiger partial charge < -0.3 is 16.3 Å². The van der Waals surface area contributed by atoms with Crippen LogP contribution in [-0.4, -0.2) is 26.8 Å². The fourth-order valence-corrected chi connectivity index (χ4v) is 3.20. The van der Waals surface area contributed by atoms with E-state index in [-0.39, 0.29) is 23.0 Å². The number of hydrogen-bond acceptors (Lipinski definition) is 6. The first-order valence-electron chi connectivity index (χ1n) is 7.07. The molecule has 5 N–H and O–H groups in total. The fourth-order valence-electron chi connectivity index (χ4n) is 2.95. The van der Waals surface area contributed by atoms with Crippen molar-refractivity contribution in [3.05, 3.63) is 50.8 Å². The molecular formula is C15H14ClN5O3. The number of benzene rings is 1. The third kappa shape index (κ3) is 2.50. The smallest absolute Gasteiger partial charge is 0.258 e. The lowest BCUT2D eigenvalue weighted by Gasteiger charge is -2.32. The van der Waals surface area contributed by atoms with Gasteiger partial charge in [0, 0.05) is 10.9 Å². The van der Waals surface area contributed by atoms with Gasteiger partial charge in [-0.3, -0.25) is 14.6 Å². The molecule has 24 heavy (non-hydrogen) atoms. The molecule has 0 aliphatic carbocycles. The van der Waals surface area contributed by atoms with E-state index < -0.39 is 23.3 Å². The Morgan fingerprint density at radius 2 is 2.08 bits per heavy atom. The highest BCUT2D eigenvalue weighted by atomic mass is 35.5. The third-order valence-corrected chi connectivity index (χ3v) is 4.33. The zero-order valence-electron chi connectivity index (χ0n) is 12.6. The molecule has 124 valence electrons.